The molecule has 1 aromatic carbocycles. The molecular weight excluding hydrogens is 241 g/mol. The molecule has 6 nitrogen and oxygen atoms in total. The molecule has 0 aromatic heterocycles. The van der Waals surface area contributed by atoms with Crippen molar-refractivity contribution in [2.45, 2.75) is 0 Å². The minimum absolute atomic E-state index is 0.178. The highest BCUT2D eigenvalue weighted by atomic mass is 19.1. The predicted molar refractivity (Wildman–Crippen MR) is 63.6 cm³/mol. The van der Waals surface area contributed by atoms with E-state index in [0.29, 0.717) is 12.6 Å². The Labute approximate surface area is 102 Å². The predicted octanol–water partition coefficient (Wildman–Crippen LogP) is 0.979. The molecule has 0 aliphatic carbocycles. The third kappa shape index (κ3) is 3.63. The summed E-state index contributed by atoms with van der Waals surface area (Å²) in [6.07, 6.45) is 3.26. The van der Waals surface area contributed by atoms with Gasteiger partial charge in [0.1, 0.15) is 11.4 Å². The largest absolute Gasteiger partial charge is 0.348 e. The minimum atomic E-state index is -0.798. The van der Waals surface area contributed by atoms with Crippen LogP contribution in [0.1, 0.15) is 10.4 Å². The molecule has 96 valence electrons. The molecule has 0 spiro atoms. The van der Waals surface area contributed by atoms with Gasteiger partial charge in [-0.3, -0.25) is 14.9 Å². The lowest BCUT2D eigenvalue weighted by atomic mass is 10.1. The maximum Gasteiger partial charge on any atom is 0.285 e. The van der Waals surface area contributed by atoms with Crippen molar-refractivity contribution in [2.75, 3.05) is 13.1 Å². The van der Waals surface area contributed by atoms with Crippen molar-refractivity contribution < 1.29 is 14.1 Å². The van der Waals surface area contributed by atoms with Crippen LogP contribution >= 0.6 is 0 Å². The summed E-state index contributed by atoms with van der Waals surface area (Å²) in [6.45, 7) is 0.539. The van der Waals surface area contributed by atoms with Gasteiger partial charge in [0.2, 0.25) is 0 Å². The van der Waals surface area contributed by atoms with E-state index in [1.165, 1.54) is 0 Å². The van der Waals surface area contributed by atoms with Crippen LogP contribution in [-0.2, 0) is 0 Å². The van der Waals surface area contributed by atoms with Gasteiger partial charge in [0.05, 0.1) is 11.0 Å². The van der Waals surface area contributed by atoms with Crippen LogP contribution in [0.4, 0.5) is 10.1 Å². The second-order valence-corrected chi connectivity index (χ2v) is 3.34. The fourth-order valence-corrected chi connectivity index (χ4v) is 1.27. The Morgan fingerprint density at radius 3 is 2.83 bits per heavy atom. The van der Waals surface area contributed by atoms with E-state index in [-0.39, 0.29) is 12.1 Å². The van der Waals surface area contributed by atoms with Crippen LogP contribution in [-0.4, -0.2) is 23.9 Å². The van der Waals surface area contributed by atoms with Gasteiger partial charge >= 0.3 is 0 Å². The SMILES string of the molecule is NC/C=C/CNC(=O)c1ccc(F)cc1[N+](=O)[O-]. The molecule has 1 rings (SSSR count). The molecule has 0 radical (unpaired) electrons. The zero-order chi connectivity index (χ0) is 13.5. The highest BCUT2D eigenvalue weighted by Gasteiger charge is 2.20. The number of nitrogens with zero attached hydrogens (tertiary/aromatic N) is 1. The van der Waals surface area contributed by atoms with Crippen LogP contribution in [0.3, 0.4) is 0 Å². The summed E-state index contributed by atoms with van der Waals surface area (Å²) in [7, 11) is 0. The first-order chi connectivity index (χ1) is 8.56. The summed E-state index contributed by atoms with van der Waals surface area (Å²) in [6, 6.07) is 2.79. The quantitative estimate of drug-likeness (QED) is 0.464. The molecule has 0 unspecified atom stereocenters. The Bertz CT molecular complexity index is 488. The molecule has 18 heavy (non-hydrogen) atoms. The lowest BCUT2D eigenvalue weighted by Gasteiger charge is -2.03. The molecule has 0 saturated carbocycles. The molecule has 3 N–H and O–H groups in total. The van der Waals surface area contributed by atoms with E-state index in [9.17, 15) is 19.3 Å². The Morgan fingerprint density at radius 1 is 1.50 bits per heavy atom. The molecule has 0 aliphatic rings. The van der Waals surface area contributed by atoms with E-state index in [2.05, 4.69) is 5.32 Å². The Kier molecular flexibility index (Phi) is 4.94. The molecule has 0 saturated heterocycles. The summed E-state index contributed by atoms with van der Waals surface area (Å²) in [4.78, 5) is 21.5. The van der Waals surface area contributed by atoms with E-state index >= 15 is 0 Å². The lowest BCUT2D eigenvalue weighted by Crippen LogP contribution is -2.24. The zero-order valence-corrected chi connectivity index (χ0v) is 9.43. The number of nitro benzene ring substituents is 1. The molecule has 0 aliphatic heterocycles. The van der Waals surface area contributed by atoms with E-state index in [1.807, 2.05) is 0 Å². The average molecular weight is 253 g/mol. The van der Waals surface area contributed by atoms with Gasteiger partial charge < -0.3 is 11.1 Å². The monoisotopic (exact) mass is 253 g/mol. The van der Waals surface area contributed by atoms with Gasteiger partial charge in [-0.25, -0.2) is 4.39 Å². The number of halogens is 1. The number of benzene rings is 1. The first-order valence-corrected chi connectivity index (χ1v) is 5.13. The van der Waals surface area contributed by atoms with Gasteiger partial charge in [-0.05, 0) is 12.1 Å². The first-order valence-electron chi connectivity index (χ1n) is 5.13. The average Bonchev–Trinajstić information content (AvgIpc) is 2.34. The van der Waals surface area contributed by atoms with Crippen LogP contribution < -0.4 is 11.1 Å². The third-order valence-corrected chi connectivity index (χ3v) is 2.08. The van der Waals surface area contributed by atoms with Gasteiger partial charge in [-0.1, -0.05) is 12.2 Å². The van der Waals surface area contributed by atoms with Gasteiger partial charge in [0.15, 0.2) is 0 Å². The van der Waals surface area contributed by atoms with Crippen LogP contribution in [0.2, 0.25) is 0 Å². The third-order valence-electron chi connectivity index (χ3n) is 2.08. The van der Waals surface area contributed by atoms with E-state index in [0.717, 1.165) is 12.1 Å². The Hall–Kier alpha value is -2.28. The van der Waals surface area contributed by atoms with Crippen LogP contribution in [0.5, 0.6) is 0 Å². The van der Waals surface area contributed by atoms with E-state index < -0.39 is 22.3 Å². The smallest absolute Gasteiger partial charge is 0.285 e. The number of carbonyl (C=O) groups is 1. The number of nitrogens with one attached hydrogen (secondary N) is 1. The molecule has 7 heteroatoms. The van der Waals surface area contributed by atoms with Crippen molar-refractivity contribution in [2.24, 2.45) is 5.73 Å². The maximum absolute atomic E-state index is 12.9. The second kappa shape index (κ2) is 6.45. The fraction of sp³-hybridized carbons (Fsp3) is 0.182. The van der Waals surface area contributed by atoms with Crippen molar-refractivity contribution in [1.82, 2.24) is 5.32 Å². The fourth-order valence-electron chi connectivity index (χ4n) is 1.27. The van der Waals surface area contributed by atoms with Crippen molar-refractivity contribution >= 4 is 11.6 Å². The molecule has 0 heterocycles. The standard InChI is InChI=1S/C11H12FN3O3/c12-8-3-4-9(10(7-8)15(17)18)11(16)14-6-2-1-5-13/h1-4,7H,5-6,13H2,(H,14,16)/b2-1+. The Morgan fingerprint density at radius 2 is 2.22 bits per heavy atom. The topological polar surface area (TPSA) is 98.3 Å². The number of nitrogens with two attached hydrogens (primary N) is 1. The highest BCUT2D eigenvalue weighted by Crippen LogP contribution is 2.19. The van der Waals surface area contributed by atoms with Crippen LogP contribution in [0.25, 0.3) is 0 Å². The molecule has 0 bridgehead atoms. The molecule has 1 aromatic rings. The number of rotatable bonds is 5. The first kappa shape index (κ1) is 13.8. The maximum atomic E-state index is 12.9. The number of carbonyl (C=O) groups excluding carboxylic acids is 1. The van der Waals surface area contributed by atoms with Crippen molar-refractivity contribution in [3.8, 4) is 0 Å². The zero-order valence-electron chi connectivity index (χ0n) is 9.43. The van der Waals surface area contributed by atoms with Crippen LogP contribution in [0.15, 0.2) is 30.4 Å². The van der Waals surface area contributed by atoms with Gasteiger partial charge in [0.25, 0.3) is 11.6 Å². The molecule has 0 fully saturated rings. The van der Waals surface area contributed by atoms with Crippen LogP contribution in [0, 0.1) is 15.9 Å². The number of hydrogen-bond donors (Lipinski definition) is 2. The number of hydrogen-bond acceptors (Lipinski definition) is 4. The van der Waals surface area contributed by atoms with Gasteiger partial charge in [-0.15, -0.1) is 0 Å². The van der Waals surface area contributed by atoms with E-state index in [1.54, 1.807) is 12.2 Å². The van der Waals surface area contributed by atoms with Gasteiger partial charge in [0, 0.05) is 13.1 Å². The summed E-state index contributed by atoms with van der Waals surface area (Å²) < 4.78 is 12.9. The van der Waals surface area contributed by atoms with Crippen molar-refractivity contribution in [3.63, 3.8) is 0 Å². The summed E-state index contributed by atoms with van der Waals surface area (Å²) in [5.41, 5.74) is 4.47. The van der Waals surface area contributed by atoms with Crippen molar-refractivity contribution in [3.05, 3.63) is 51.8 Å². The van der Waals surface area contributed by atoms with Gasteiger partial charge in [-0.2, -0.15) is 0 Å². The molecule has 1 amide bonds. The molecule has 0 atom stereocenters. The normalized spacial score (nSPS) is 10.6. The highest BCUT2D eigenvalue weighted by molar-refractivity contribution is 5.98. The summed E-state index contributed by atoms with van der Waals surface area (Å²) in [5.74, 6) is -1.40. The number of nitro groups is 1. The van der Waals surface area contributed by atoms with Crippen molar-refractivity contribution in [1.29, 1.82) is 0 Å². The lowest BCUT2D eigenvalue weighted by molar-refractivity contribution is -0.385. The summed E-state index contributed by atoms with van der Waals surface area (Å²) >= 11 is 0. The number of amides is 1. The second-order valence-electron chi connectivity index (χ2n) is 3.34. The summed E-state index contributed by atoms with van der Waals surface area (Å²) in [5, 5.41) is 13.1. The Balaban J connectivity index is 2.85. The minimum Gasteiger partial charge on any atom is -0.348 e. The van der Waals surface area contributed by atoms with E-state index in [4.69, 9.17) is 5.73 Å². The molecular formula is C11H12FN3O3.